The van der Waals surface area contributed by atoms with Crippen LogP contribution in [0.5, 0.6) is 0 Å². The molecule has 3 heteroatoms. The molecule has 1 aliphatic carbocycles. The van der Waals surface area contributed by atoms with Crippen LogP contribution in [0.3, 0.4) is 0 Å². The molecule has 1 aromatic heterocycles. The van der Waals surface area contributed by atoms with Crippen molar-refractivity contribution in [3.05, 3.63) is 23.3 Å². The normalized spacial score (nSPS) is 18.5. The molecule has 0 amide bonds. The second-order valence-electron chi connectivity index (χ2n) is 5.35. The predicted octanol–water partition coefficient (Wildman–Crippen LogP) is 2.72. The first-order valence-corrected chi connectivity index (χ1v) is 6.75. The summed E-state index contributed by atoms with van der Waals surface area (Å²) in [6.07, 6.45) is 7.16. The van der Waals surface area contributed by atoms with Crippen molar-refractivity contribution in [2.45, 2.75) is 64.3 Å². The van der Waals surface area contributed by atoms with Crippen LogP contribution < -0.4 is 5.73 Å². The molecule has 1 unspecified atom stereocenters. The summed E-state index contributed by atoms with van der Waals surface area (Å²) in [6, 6.07) is 2.39. The van der Waals surface area contributed by atoms with Gasteiger partial charge in [0.05, 0.1) is 0 Å². The first kappa shape index (κ1) is 12.5. The van der Waals surface area contributed by atoms with Gasteiger partial charge in [0.1, 0.15) is 5.82 Å². The SMILES string of the molecule is Cc1cc(C2CCCC2)nc(CCC(C)N)n1. The molecule has 94 valence electrons. The predicted molar refractivity (Wildman–Crippen MR) is 69.9 cm³/mol. The average molecular weight is 233 g/mol. The molecular weight excluding hydrogens is 210 g/mol. The molecular formula is C14H23N3. The lowest BCUT2D eigenvalue weighted by molar-refractivity contribution is 0.630. The molecule has 1 aliphatic rings. The van der Waals surface area contributed by atoms with Gasteiger partial charge in [-0.05, 0) is 39.2 Å². The molecule has 2 N–H and O–H groups in total. The Morgan fingerprint density at radius 3 is 2.71 bits per heavy atom. The van der Waals surface area contributed by atoms with Gasteiger partial charge >= 0.3 is 0 Å². The van der Waals surface area contributed by atoms with Crippen LogP contribution in [-0.4, -0.2) is 16.0 Å². The molecule has 0 aliphatic heterocycles. The zero-order valence-corrected chi connectivity index (χ0v) is 10.9. The topological polar surface area (TPSA) is 51.8 Å². The molecule has 2 rings (SSSR count). The van der Waals surface area contributed by atoms with E-state index in [1.807, 2.05) is 6.92 Å². The standard InChI is InChI=1S/C14H23N3/c1-10(15)7-8-14-16-11(2)9-13(17-14)12-5-3-4-6-12/h9-10,12H,3-8,15H2,1-2H3. The van der Waals surface area contributed by atoms with E-state index in [2.05, 4.69) is 18.0 Å². The molecule has 0 radical (unpaired) electrons. The van der Waals surface area contributed by atoms with Crippen molar-refractivity contribution < 1.29 is 0 Å². The van der Waals surface area contributed by atoms with Crippen molar-refractivity contribution in [1.29, 1.82) is 0 Å². The summed E-state index contributed by atoms with van der Waals surface area (Å²) < 4.78 is 0. The van der Waals surface area contributed by atoms with Crippen molar-refractivity contribution in [2.24, 2.45) is 5.73 Å². The number of hydrogen-bond acceptors (Lipinski definition) is 3. The smallest absolute Gasteiger partial charge is 0.128 e. The third-order valence-corrected chi connectivity index (χ3v) is 3.52. The highest BCUT2D eigenvalue weighted by molar-refractivity contribution is 5.15. The van der Waals surface area contributed by atoms with Crippen LogP contribution >= 0.6 is 0 Å². The number of aromatic nitrogens is 2. The van der Waals surface area contributed by atoms with E-state index in [-0.39, 0.29) is 6.04 Å². The first-order valence-electron chi connectivity index (χ1n) is 6.75. The minimum Gasteiger partial charge on any atom is -0.328 e. The lowest BCUT2D eigenvalue weighted by Crippen LogP contribution is -2.16. The van der Waals surface area contributed by atoms with Crippen LogP contribution in [0.4, 0.5) is 0 Å². The molecule has 0 saturated heterocycles. The highest BCUT2D eigenvalue weighted by atomic mass is 14.9. The molecule has 1 heterocycles. The zero-order valence-electron chi connectivity index (χ0n) is 10.9. The van der Waals surface area contributed by atoms with Gasteiger partial charge in [-0.2, -0.15) is 0 Å². The maximum Gasteiger partial charge on any atom is 0.128 e. The molecule has 0 spiro atoms. The van der Waals surface area contributed by atoms with E-state index in [0.29, 0.717) is 5.92 Å². The Morgan fingerprint density at radius 2 is 2.06 bits per heavy atom. The Balaban J connectivity index is 2.11. The third kappa shape index (κ3) is 3.50. The van der Waals surface area contributed by atoms with Crippen molar-refractivity contribution in [3.8, 4) is 0 Å². The maximum absolute atomic E-state index is 5.78. The van der Waals surface area contributed by atoms with Crippen molar-refractivity contribution in [2.75, 3.05) is 0 Å². The summed E-state index contributed by atoms with van der Waals surface area (Å²) in [5.74, 6) is 1.65. The second kappa shape index (κ2) is 5.58. The lowest BCUT2D eigenvalue weighted by Gasteiger charge is -2.11. The van der Waals surface area contributed by atoms with E-state index in [4.69, 9.17) is 10.7 Å². The molecule has 1 atom stereocenters. The number of aryl methyl sites for hydroxylation is 2. The van der Waals surface area contributed by atoms with E-state index in [0.717, 1.165) is 24.4 Å². The monoisotopic (exact) mass is 233 g/mol. The fourth-order valence-electron chi connectivity index (χ4n) is 2.56. The fourth-order valence-corrected chi connectivity index (χ4v) is 2.56. The van der Waals surface area contributed by atoms with Gasteiger partial charge in [0.15, 0.2) is 0 Å². The Labute approximate surface area is 104 Å². The maximum atomic E-state index is 5.78. The van der Waals surface area contributed by atoms with Crippen LogP contribution in [0.25, 0.3) is 0 Å². The van der Waals surface area contributed by atoms with E-state index < -0.39 is 0 Å². The molecule has 3 nitrogen and oxygen atoms in total. The van der Waals surface area contributed by atoms with Crippen LogP contribution in [0.2, 0.25) is 0 Å². The van der Waals surface area contributed by atoms with Gasteiger partial charge in [0.2, 0.25) is 0 Å². The van der Waals surface area contributed by atoms with E-state index in [1.54, 1.807) is 0 Å². The van der Waals surface area contributed by atoms with Gasteiger partial charge in [-0.15, -0.1) is 0 Å². The Morgan fingerprint density at radius 1 is 1.35 bits per heavy atom. The van der Waals surface area contributed by atoms with Crippen molar-refractivity contribution in [1.82, 2.24) is 9.97 Å². The second-order valence-corrected chi connectivity index (χ2v) is 5.35. The molecule has 0 bridgehead atoms. The Bertz CT molecular complexity index is 368. The van der Waals surface area contributed by atoms with E-state index >= 15 is 0 Å². The summed E-state index contributed by atoms with van der Waals surface area (Å²) in [5, 5.41) is 0. The largest absolute Gasteiger partial charge is 0.328 e. The molecule has 17 heavy (non-hydrogen) atoms. The van der Waals surface area contributed by atoms with Gasteiger partial charge in [-0.3, -0.25) is 0 Å². The number of rotatable bonds is 4. The van der Waals surface area contributed by atoms with Crippen LogP contribution in [0.15, 0.2) is 6.07 Å². The first-order chi connectivity index (χ1) is 8.15. The Kier molecular flexibility index (Phi) is 4.11. The highest BCUT2D eigenvalue weighted by Gasteiger charge is 2.19. The third-order valence-electron chi connectivity index (χ3n) is 3.52. The molecule has 0 aromatic carbocycles. The quantitative estimate of drug-likeness (QED) is 0.870. The van der Waals surface area contributed by atoms with Crippen molar-refractivity contribution in [3.63, 3.8) is 0 Å². The summed E-state index contributed by atoms with van der Waals surface area (Å²) in [7, 11) is 0. The summed E-state index contributed by atoms with van der Waals surface area (Å²) in [6.45, 7) is 4.10. The summed E-state index contributed by atoms with van der Waals surface area (Å²) in [4.78, 5) is 9.23. The van der Waals surface area contributed by atoms with Gasteiger partial charge < -0.3 is 5.73 Å². The van der Waals surface area contributed by atoms with Crippen LogP contribution in [0.1, 0.15) is 62.2 Å². The molecule has 1 saturated carbocycles. The van der Waals surface area contributed by atoms with Crippen molar-refractivity contribution >= 4 is 0 Å². The zero-order chi connectivity index (χ0) is 12.3. The summed E-state index contributed by atoms with van der Waals surface area (Å²) in [5.41, 5.74) is 8.14. The molecule has 1 fully saturated rings. The minimum atomic E-state index is 0.231. The fraction of sp³-hybridized carbons (Fsp3) is 0.714. The molecule has 1 aromatic rings. The van der Waals surface area contributed by atoms with Gasteiger partial charge in [0, 0.05) is 29.8 Å². The lowest BCUT2D eigenvalue weighted by atomic mass is 10.0. The Hall–Kier alpha value is -0.960. The number of nitrogens with zero attached hydrogens (tertiary/aromatic N) is 2. The highest BCUT2D eigenvalue weighted by Crippen LogP contribution is 2.33. The number of hydrogen-bond donors (Lipinski definition) is 1. The van der Waals surface area contributed by atoms with Gasteiger partial charge in [-0.25, -0.2) is 9.97 Å². The van der Waals surface area contributed by atoms with Gasteiger partial charge in [-0.1, -0.05) is 12.8 Å². The average Bonchev–Trinajstić information content (AvgIpc) is 2.79. The summed E-state index contributed by atoms with van der Waals surface area (Å²) >= 11 is 0. The van der Waals surface area contributed by atoms with Crippen LogP contribution in [-0.2, 0) is 6.42 Å². The van der Waals surface area contributed by atoms with Crippen LogP contribution in [0, 0.1) is 6.92 Å². The van der Waals surface area contributed by atoms with E-state index in [1.165, 1.54) is 31.4 Å². The number of nitrogens with two attached hydrogens (primary N) is 1. The minimum absolute atomic E-state index is 0.231. The van der Waals surface area contributed by atoms with E-state index in [9.17, 15) is 0 Å². The van der Waals surface area contributed by atoms with Gasteiger partial charge in [0.25, 0.3) is 0 Å².